The molecule has 0 amide bonds. The SMILES string of the molecule is CC1CC=C2CC(C(=O)O)=CCCC2C1(C)CCc1ccoc1. The number of carboxylic acid groups (broad SMARTS) is 1. The van der Waals surface area contributed by atoms with Crippen LogP contribution in [0.2, 0.25) is 0 Å². The van der Waals surface area contributed by atoms with Crippen molar-refractivity contribution in [2.24, 2.45) is 17.3 Å². The maximum atomic E-state index is 11.4. The van der Waals surface area contributed by atoms with Gasteiger partial charge in [-0.25, -0.2) is 4.79 Å². The van der Waals surface area contributed by atoms with E-state index in [0.29, 0.717) is 23.8 Å². The Bertz CT molecular complexity index is 623. The molecule has 0 radical (unpaired) electrons. The van der Waals surface area contributed by atoms with Gasteiger partial charge in [0.05, 0.1) is 12.5 Å². The first kappa shape index (κ1) is 16.1. The van der Waals surface area contributed by atoms with Gasteiger partial charge in [-0.3, -0.25) is 0 Å². The summed E-state index contributed by atoms with van der Waals surface area (Å²) in [5.41, 5.74) is 3.41. The summed E-state index contributed by atoms with van der Waals surface area (Å²) in [4.78, 5) is 11.4. The number of aliphatic carboxylic acids is 1. The molecule has 0 spiro atoms. The molecule has 3 nitrogen and oxygen atoms in total. The molecule has 0 aromatic carbocycles. The van der Waals surface area contributed by atoms with Gasteiger partial charge in [-0.15, -0.1) is 0 Å². The van der Waals surface area contributed by atoms with Crippen molar-refractivity contribution in [2.75, 3.05) is 0 Å². The molecule has 3 heteroatoms. The second kappa shape index (κ2) is 6.38. The van der Waals surface area contributed by atoms with Gasteiger partial charge in [0.2, 0.25) is 0 Å². The summed E-state index contributed by atoms with van der Waals surface area (Å²) in [6.45, 7) is 4.75. The molecule has 0 saturated heterocycles. The van der Waals surface area contributed by atoms with Crippen molar-refractivity contribution in [3.05, 3.63) is 47.5 Å². The molecule has 124 valence electrons. The third kappa shape index (κ3) is 3.15. The third-order valence-corrected chi connectivity index (χ3v) is 6.15. The van der Waals surface area contributed by atoms with Crippen molar-refractivity contribution in [3.63, 3.8) is 0 Å². The van der Waals surface area contributed by atoms with E-state index in [4.69, 9.17) is 4.42 Å². The molecule has 3 rings (SSSR count). The van der Waals surface area contributed by atoms with Gasteiger partial charge in [-0.2, -0.15) is 0 Å². The monoisotopic (exact) mass is 314 g/mol. The lowest BCUT2D eigenvalue weighted by Crippen LogP contribution is -2.38. The molecule has 2 aliphatic rings. The van der Waals surface area contributed by atoms with Crippen LogP contribution in [0.3, 0.4) is 0 Å². The lowest BCUT2D eigenvalue weighted by Gasteiger charge is -2.47. The number of rotatable bonds is 4. The van der Waals surface area contributed by atoms with E-state index in [9.17, 15) is 9.90 Å². The van der Waals surface area contributed by atoms with Crippen LogP contribution in [0, 0.1) is 17.3 Å². The number of furan rings is 1. The predicted octanol–water partition coefficient (Wildman–Crippen LogP) is 5.00. The van der Waals surface area contributed by atoms with E-state index in [0.717, 1.165) is 32.1 Å². The Balaban J connectivity index is 1.81. The molecule has 3 atom stereocenters. The minimum absolute atomic E-state index is 0.225. The minimum Gasteiger partial charge on any atom is -0.478 e. The summed E-state index contributed by atoms with van der Waals surface area (Å²) in [7, 11) is 0. The largest absolute Gasteiger partial charge is 0.478 e. The highest BCUT2D eigenvalue weighted by Gasteiger charge is 2.43. The second-order valence-corrected chi connectivity index (χ2v) is 7.39. The zero-order valence-electron chi connectivity index (χ0n) is 14.0. The van der Waals surface area contributed by atoms with Crippen molar-refractivity contribution in [3.8, 4) is 0 Å². The van der Waals surface area contributed by atoms with E-state index in [2.05, 4.69) is 19.9 Å². The van der Waals surface area contributed by atoms with E-state index < -0.39 is 5.97 Å². The quantitative estimate of drug-likeness (QED) is 0.796. The van der Waals surface area contributed by atoms with Gasteiger partial charge in [0.25, 0.3) is 0 Å². The number of hydrogen-bond donors (Lipinski definition) is 1. The standard InChI is InChI=1S/C20H26O3/c1-14-6-7-16-12-17(19(21)22)4-3-5-18(16)20(14,2)10-8-15-9-11-23-13-15/h4,7,9,11,13-14,18H,3,5-6,8,10,12H2,1-2H3,(H,21,22). The van der Waals surface area contributed by atoms with E-state index in [1.165, 1.54) is 11.1 Å². The van der Waals surface area contributed by atoms with Crippen LogP contribution in [-0.2, 0) is 11.2 Å². The fraction of sp³-hybridized carbons (Fsp3) is 0.550. The summed E-state index contributed by atoms with van der Waals surface area (Å²) in [5, 5.41) is 9.36. The van der Waals surface area contributed by atoms with Gasteiger partial charge in [-0.05, 0) is 61.0 Å². The van der Waals surface area contributed by atoms with Gasteiger partial charge in [-0.1, -0.05) is 31.6 Å². The molecule has 3 unspecified atom stereocenters. The zero-order chi connectivity index (χ0) is 16.4. The van der Waals surface area contributed by atoms with E-state index in [1.807, 2.05) is 18.4 Å². The summed E-state index contributed by atoms with van der Waals surface area (Å²) < 4.78 is 5.20. The molecule has 2 aliphatic carbocycles. The molecule has 0 fully saturated rings. The molecule has 0 saturated carbocycles. The summed E-state index contributed by atoms with van der Waals surface area (Å²) >= 11 is 0. The maximum absolute atomic E-state index is 11.4. The fourth-order valence-electron chi connectivity index (χ4n) is 4.37. The van der Waals surface area contributed by atoms with Gasteiger partial charge < -0.3 is 9.52 Å². The Hall–Kier alpha value is -1.77. The number of carboxylic acids is 1. The van der Waals surface area contributed by atoms with E-state index in [-0.39, 0.29) is 5.41 Å². The van der Waals surface area contributed by atoms with Gasteiger partial charge >= 0.3 is 5.97 Å². The Morgan fingerprint density at radius 2 is 2.26 bits per heavy atom. The average molecular weight is 314 g/mol. The number of allylic oxidation sites excluding steroid dienone is 3. The third-order valence-electron chi connectivity index (χ3n) is 6.15. The Kier molecular flexibility index (Phi) is 4.47. The molecule has 23 heavy (non-hydrogen) atoms. The highest BCUT2D eigenvalue weighted by atomic mass is 16.4. The van der Waals surface area contributed by atoms with Crippen LogP contribution >= 0.6 is 0 Å². The van der Waals surface area contributed by atoms with Crippen molar-refractivity contribution >= 4 is 5.97 Å². The topological polar surface area (TPSA) is 50.4 Å². The van der Waals surface area contributed by atoms with Crippen LogP contribution in [0.1, 0.15) is 51.5 Å². The molecule has 1 aromatic rings. The Morgan fingerprint density at radius 3 is 2.96 bits per heavy atom. The van der Waals surface area contributed by atoms with Crippen molar-refractivity contribution in [1.29, 1.82) is 0 Å². The van der Waals surface area contributed by atoms with Crippen LogP contribution in [-0.4, -0.2) is 11.1 Å². The first-order chi connectivity index (χ1) is 11.0. The summed E-state index contributed by atoms with van der Waals surface area (Å²) in [6, 6.07) is 2.05. The molecule has 1 N–H and O–H groups in total. The summed E-state index contributed by atoms with van der Waals surface area (Å²) in [5.74, 6) is 0.353. The fourth-order valence-corrected chi connectivity index (χ4v) is 4.37. The molecule has 1 heterocycles. The first-order valence-corrected chi connectivity index (χ1v) is 8.63. The van der Waals surface area contributed by atoms with Crippen LogP contribution < -0.4 is 0 Å². The van der Waals surface area contributed by atoms with Crippen LogP contribution in [0.15, 0.2) is 46.3 Å². The predicted molar refractivity (Wildman–Crippen MR) is 90.1 cm³/mol. The van der Waals surface area contributed by atoms with Gasteiger partial charge in [0.15, 0.2) is 0 Å². The van der Waals surface area contributed by atoms with E-state index >= 15 is 0 Å². The Morgan fingerprint density at radius 1 is 1.43 bits per heavy atom. The Labute approximate surface area is 138 Å². The smallest absolute Gasteiger partial charge is 0.331 e. The number of aryl methyl sites for hydroxylation is 1. The highest BCUT2D eigenvalue weighted by molar-refractivity contribution is 5.87. The lowest BCUT2D eigenvalue weighted by molar-refractivity contribution is -0.132. The van der Waals surface area contributed by atoms with Crippen LogP contribution in [0.25, 0.3) is 0 Å². The zero-order valence-corrected chi connectivity index (χ0v) is 14.0. The van der Waals surface area contributed by atoms with Gasteiger partial charge in [0.1, 0.15) is 0 Å². The van der Waals surface area contributed by atoms with Gasteiger partial charge in [0, 0.05) is 12.0 Å². The molecule has 0 bridgehead atoms. The second-order valence-electron chi connectivity index (χ2n) is 7.39. The lowest BCUT2D eigenvalue weighted by atomic mass is 9.58. The molecular weight excluding hydrogens is 288 g/mol. The number of fused-ring (bicyclic) bond motifs is 1. The average Bonchev–Trinajstić information content (AvgIpc) is 2.94. The minimum atomic E-state index is -0.759. The number of hydrogen-bond acceptors (Lipinski definition) is 2. The van der Waals surface area contributed by atoms with E-state index in [1.54, 1.807) is 6.26 Å². The summed E-state index contributed by atoms with van der Waals surface area (Å²) in [6.07, 6.45) is 13.6. The van der Waals surface area contributed by atoms with Crippen LogP contribution in [0.4, 0.5) is 0 Å². The first-order valence-electron chi connectivity index (χ1n) is 8.63. The molecular formula is C20H26O3. The molecule has 1 aromatic heterocycles. The maximum Gasteiger partial charge on any atom is 0.331 e. The van der Waals surface area contributed by atoms with Crippen molar-refractivity contribution < 1.29 is 14.3 Å². The molecule has 0 aliphatic heterocycles. The van der Waals surface area contributed by atoms with Crippen LogP contribution in [0.5, 0.6) is 0 Å². The number of carbonyl (C=O) groups is 1. The normalized spacial score (nSPS) is 30.9. The van der Waals surface area contributed by atoms with Crippen molar-refractivity contribution in [2.45, 2.75) is 52.4 Å². The highest BCUT2D eigenvalue weighted by Crippen LogP contribution is 2.52. The van der Waals surface area contributed by atoms with Crippen molar-refractivity contribution in [1.82, 2.24) is 0 Å².